The Labute approximate surface area is 195 Å². The van der Waals surface area contributed by atoms with E-state index in [1.807, 2.05) is 48.5 Å². The number of imide groups is 1. The predicted molar refractivity (Wildman–Crippen MR) is 127 cm³/mol. The maximum Gasteiger partial charge on any atom is 0.253 e. The summed E-state index contributed by atoms with van der Waals surface area (Å²) in [5.74, 6) is -1.11. The van der Waals surface area contributed by atoms with Gasteiger partial charge in [-0.05, 0) is 54.5 Å². The molecule has 3 aromatic rings. The normalized spacial score (nSPS) is 25.3. The molecule has 2 bridgehead atoms. The average Bonchev–Trinajstić information content (AvgIpc) is 3.60. The Morgan fingerprint density at radius 1 is 1.03 bits per heavy atom. The topological polar surface area (TPSA) is 70.6 Å². The van der Waals surface area contributed by atoms with Gasteiger partial charge in [0, 0.05) is 0 Å². The molecule has 3 amide bonds. The SMILES string of the molecule is CCc1ccc(N(C(=O)CN2C(=O)C3C4C=CC(C4)C3C2=O)c2nc3ccccc3s2)cc1. The van der Waals surface area contributed by atoms with Crippen molar-refractivity contribution in [2.45, 2.75) is 19.8 Å². The number of aromatic nitrogens is 1. The molecular weight excluding hydrogens is 434 g/mol. The zero-order chi connectivity index (χ0) is 22.7. The van der Waals surface area contributed by atoms with Crippen molar-refractivity contribution in [1.82, 2.24) is 9.88 Å². The van der Waals surface area contributed by atoms with Gasteiger partial charge in [0.05, 0.1) is 27.7 Å². The van der Waals surface area contributed by atoms with Crippen LogP contribution in [0.25, 0.3) is 10.2 Å². The summed E-state index contributed by atoms with van der Waals surface area (Å²) < 4.78 is 0.973. The summed E-state index contributed by atoms with van der Waals surface area (Å²) in [7, 11) is 0. The molecule has 0 radical (unpaired) electrons. The van der Waals surface area contributed by atoms with Crippen LogP contribution in [-0.4, -0.2) is 34.2 Å². The van der Waals surface area contributed by atoms with Gasteiger partial charge in [-0.15, -0.1) is 0 Å². The zero-order valence-corrected chi connectivity index (χ0v) is 19.0. The van der Waals surface area contributed by atoms with Crippen LogP contribution < -0.4 is 4.90 Å². The van der Waals surface area contributed by atoms with Crippen LogP contribution in [0.1, 0.15) is 18.9 Å². The van der Waals surface area contributed by atoms with Gasteiger partial charge < -0.3 is 0 Å². The molecule has 0 N–H and O–H groups in total. The van der Waals surface area contributed by atoms with Gasteiger partial charge in [0.1, 0.15) is 6.54 Å². The molecule has 4 unspecified atom stereocenters. The number of thiazole rings is 1. The van der Waals surface area contributed by atoms with E-state index < -0.39 is 0 Å². The van der Waals surface area contributed by atoms with Crippen LogP contribution in [0.15, 0.2) is 60.7 Å². The molecule has 7 heteroatoms. The zero-order valence-electron chi connectivity index (χ0n) is 18.2. The van der Waals surface area contributed by atoms with E-state index in [0.29, 0.717) is 10.8 Å². The van der Waals surface area contributed by atoms with Crippen molar-refractivity contribution in [2.75, 3.05) is 11.4 Å². The molecule has 1 aliphatic heterocycles. The number of aryl methyl sites for hydroxylation is 1. The molecule has 2 aliphatic carbocycles. The van der Waals surface area contributed by atoms with Crippen molar-refractivity contribution in [3.8, 4) is 0 Å². The summed E-state index contributed by atoms with van der Waals surface area (Å²) in [6, 6.07) is 15.5. The number of carbonyl (C=O) groups is 3. The summed E-state index contributed by atoms with van der Waals surface area (Å²) >= 11 is 1.42. The fourth-order valence-electron chi connectivity index (χ4n) is 5.52. The number of rotatable bonds is 5. The molecule has 1 saturated heterocycles. The van der Waals surface area contributed by atoms with Gasteiger partial charge in [0.2, 0.25) is 11.8 Å². The van der Waals surface area contributed by atoms with Crippen molar-refractivity contribution in [3.05, 3.63) is 66.2 Å². The van der Waals surface area contributed by atoms with Gasteiger partial charge in [0.25, 0.3) is 5.91 Å². The highest BCUT2D eigenvalue weighted by Crippen LogP contribution is 2.52. The maximum atomic E-state index is 13.7. The summed E-state index contributed by atoms with van der Waals surface area (Å²) in [4.78, 5) is 47.3. The number of carbonyl (C=O) groups excluding carboxylic acids is 3. The number of para-hydroxylation sites is 1. The number of allylic oxidation sites excluding steroid dienone is 2. The lowest BCUT2D eigenvalue weighted by atomic mass is 9.85. The number of likely N-dealkylation sites (tertiary alicyclic amines) is 1. The van der Waals surface area contributed by atoms with E-state index in [4.69, 9.17) is 0 Å². The lowest BCUT2D eigenvalue weighted by molar-refractivity contribution is -0.143. The molecule has 2 fully saturated rings. The highest BCUT2D eigenvalue weighted by atomic mass is 32.1. The summed E-state index contributed by atoms with van der Waals surface area (Å²) in [6.07, 6.45) is 5.89. The van der Waals surface area contributed by atoms with Crippen molar-refractivity contribution in [3.63, 3.8) is 0 Å². The van der Waals surface area contributed by atoms with Crippen LogP contribution in [0.4, 0.5) is 10.8 Å². The lowest BCUT2D eigenvalue weighted by Gasteiger charge is -2.24. The summed E-state index contributed by atoms with van der Waals surface area (Å²) in [6.45, 7) is 1.81. The number of nitrogens with zero attached hydrogens (tertiary/aromatic N) is 3. The highest BCUT2D eigenvalue weighted by Gasteiger charge is 2.59. The second-order valence-corrected chi connectivity index (χ2v) is 9.98. The summed E-state index contributed by atoms with van der Waals surface area (Å²) in [5, 5.41) is 0.534. The number of amides is 3. The summed E-state index contributed by atoms with van der Waals surface area (Å²) in [5.41, 5.74) is 2.65. The molecule has 6 nitrogen and oxygen atoms in total. The quantitative estimate of drug-likeness (QED) is 0.422. The van der Waals surface area contributed by atoms with Crippen molar-refractivity contribution in [1.29, 1.82) is 0 Å². The van der Waals surface area contributed by atoms with Gasteiger partial charge in [0.15, 0.2) is 5.13 Å². The number of hydrogen-bond acceptors (Lipinski definition) is 5. The van der Waals surface area contributed by atoms with Gasteiger partial charge in [-0.3, -0.25) is 24.2 Å². The van der Waals surface area contributed by atoms with E-state index in [1.54, 1.807) is 4.90 Å². The van der Waals surface area contributed by atoms with E-state index >= 15 is 0 Å². The first-order chi connectivity index (χ1) is 16.0. The first-order valence-corrected chi connectivity index (χ1v) is 12.2. The number of hydrogen-bond donors (Lipinski definition) is 0. The van der Waals surface area contributed by atoms with Crippen molar-refractivity contribution < 1.29 is 14.4 Å². The minimum absolute atomic E-state index is 0.124. The molecule has 166 valence electrons. The molecule has 4 atom stereocenters. The smallest absolute Gasteiger partial charge is 0.253 e. The van der Waals surface area contributed by atoms with Crippen LogP contribution in [0.2, 0.25) is 0 Å². The first-order valence-electron chi connectivity index (χ1n) is 11.4. The van der Waals surface area contributed by atoms with Gasteiger partial charge in [-0.2, -0.15) is 0 Å². The van der Waals surface area contributed by atoms with Gasteiger partial charge >= 0.3 is 0 Å². The van der Waals surface area contributed by atoms with Crippen LogP contribution in [0.3, 0.4) is 0 Å². The largest absolute Gasteiger partial charge is 0.274 e. The number of benzene rings is 2. The minimum atomic E-state index is -0.333. The Kier molecular flexibility index (Phi) is 4.69. The molecule has 6 rings (SSSR count). The van der Waals surface area contributed by atoms with E-state index in [2.05, 4.69) is 24.1 Å². The maximum absolute atomic E-state index is 13.7. The van der Waals surface area contributed by atoms with Gasteiger partial charge in [-0.25, -0.2) is 4.98 Å². The van der Waals surface area contributed by atoms with Crippen LogP contribution in [0, 0.1) is 23.7 Å². The molecule has 1 saturated carbocycles. The lowest BCUT2D eigenvalue weighted by Crippen LogP contribution is -2.42. The third kappa shape index (κ3) is 3.14. The Morgan fingerprint density at radius 3 is 2.33 bits per heavy atom. The fraction of sp³-hybridized carbons (Fsp3) is 0.308. The fourth-order valence-corrected chi connectivity index (χ4v) is 6.53. The standard InChI is InChI=1S/C26H23N3O3S/c1-2-15-7-11-18(12-8-15)29(26-27-19-5-3-4-6-20(19)33-26)21(30)14-28-24(31)22-16-9-10-17(13-16)23(22)25(28)32/h3-12,16-17,22-23H,2,13-14H2,1H3. The van der Waals surface area contributed by atoms with E-state index in [-0.39, 0.29) is 47.9 Å². The van der Waals surface area contributed by atoms with Crippen LogP contribution in [0.5, 0.6) is 0 Å². The Bertz CT molecular complexity index is 1250. The third-order valence-corrected chi connectivity index (χ3v) is 8.20. The molecule has 2 heterocycles. The van der Waals surface area contributed by atoms with Crippen LogP contribution >= 0.6 is 11.3 Å². The molecular formula is C26H23N3O3S. The van der Waals surface area contributed by atoms with E-state index in [1.165, 1.54) is 16.2 Å². The number of anilines is 2. The van der Waals surface area contributed by atoms with Crippen LogP contribution in [-0.2, 0) is 20.8 Å². The molecule has 1 aromatic heterocycles. The highest BCUT2D eigenvalue weighted by molar-refractivity contribution is 7.22. The molecule has 0 spiro atoms. The van der Waals surface area contributed by atoms with Crippen molar-refractivity contribution >= 4 is 50.1 Å². The van der Waals surface area contributed by atoms with Crippen molar-refractivity contribution in [2.24, 2.45) is 23.7 Å². The second kappa shape index (κ2) is 7.63. The second-order valence-electron chi connectivity index (χ2n) is 8.98. The Morgan fingerprint density at radius 2 is 1.70 bits per heavy atom. The minimum Gasteiger partial charge on any atom is -0.274 e. The Balaban J connectivity index is 1.34. The molecule has 2 aromatic carbocycles. The first kappa shape index (κ1) is 20.3. The predicted octanol–water partition coefficient (Wildman–Crippen LogP) is 4.33. The average molecular weight is 458 g/mol. The number of fused-ring (bicyclic) bond motifs is 6. The van der Waals surface area contributed by atoms with E-state index in [9.17, 15) is 14.4 Å². The Hall–Kier alpha value is -3.32. The third-order valence-electron chi connectivity index (χ3n) is 7.18. The monoisotopic (exact) mass is 457 g/mol. The molecule has 33 heavy (non-hydrogen) atoms. The van der Waals surface area contributed by atoms with E-state index in [0.717, 1.165) is 28.6 Å². The van der Waals surface area contributed by atoms with Gasteiger partial charge in [-0.1, -0.05) is 54.7 Å². The molecule has 3 aliphatic rings.